The van der Waals surface area contributed by atoms with Gasteiger partial charge in [0.2, 0.25) is 0 Å². The minimum absolute atomic E-state index is 0.0964. The maximum Gasteiger partial charge on any atom is 0.194 e. The number of amidine groups is 1. The average Bonchev–Trinajstić information content (AvgIpc) is 2.29. The lowest BCUT2D eigenvalue weighted by molar-refractivity contribution is 0.924. The molecule has 2 rings (SSSR count). The van der Waals surface area contributed by atoms with Crippen LogP contribution < -0.4 is 5.73 Å². The first-order valence-corrected chi connectivity index (χ1v) is 5.61. The fourth-order valence-electron chi connectivity index (χ4n) is 1.08. The molecule has 0 radical (unpaired) electrons. The fraction of sp³-hybridized carbons (Fsp3) is 0.100. The minimum Gasteiger partial charge on any atom is -0.382 e. The third-order valence-corrected chi connectivity index (χ3v) is 2.67. The predicted octanol–water partition coefficient (Wildman–Crippen LogP) is 1.01. The molecule has 0 aromatic carbocycles. The van der Waals surface area contributed by atoms with E-state index in [0.29, 0.717) is 15.9 Å². The topological polar surface area (TPSA) is 101 Å². The Balaban J connectivity index is 2.16. The number of hydrogen-bond acceptors (Lipinski definition) is 6. The van der Waals surface area contributed by atoms with Crippen LogP contribution in [0.4, 0.5) is 0 Å². The second-order valence-electron chi connectivity index (χ2n) is 3.24. The zero-order chi connectivity index (χ0) is 12.3. The second-order valence-corrected chi connectivity index (χ2v) is 4.22. The first-order valence-electron chi connectivity index (χ1n) is 4.79. The summed E-state index contributed by atoms with van der Waals surface area (Å²) in [4.78, 5) is 16.5. The number of nitrogens with zero attached hydrogens (tertiary/aromatic N) is 4. The van der Waals surface area contributed by atoms with Crippen LogP contribution in [0.25, 0.3) is 0 Å². The van der Waals surface area contributed by atoms with Gasteiger partial charge in [0, 0.05) is 11.9 Å². The Morgan fingerprint density at radius 2 is 2.12 bits per heavy atom. The monoisotopic (exact) mass is 246 g/mol. The molecule has 86 valence electrons. The molecule has 2 aromatic rings. The Kier molecular flexibility index (Phi) is 3.29. The van der Waals surface area contributed by atoms with Crippen molar-refractivity contribution >= 4 is 17.6 Å². The van der Waals surface area contributed by atoms with E-state index >= 15 is 0 Å². The van der Waals surface area contributed by atoms with E-state index in [4.69, 9.17) is 11.1 Å². The molecule has 0 aliphatic rings. The van der Waals surface area contributed by atoms with Gasteiger partial charge in [0.25, 0.3) is 0 Å². The minimum atomic E-state index is -0.0964. The molecule has 2 heterocycles. The van der Waals surface area contributed by atoms with Gasteiger partial charge >= 0.3 is 0 Å². The first kappa shape index (κ1) is 11.5. The summed E-state index contributed by atoms with van der Waals surface area (Å²) in [7, 11) is 0. The zero-order valence-electron chi connectivity index (χ0n) is 9.08. The molecule has 2 aromatic heterocycles. The maximum atomic E-state index is 7.20. The standard InChI is InChI=1S/C10H10N6S/c1-6-2-3-13-10(16-6)17-8-5-14-7(4-15-8)9(11)12/h2-5H,1H3,(H3,11,12). The van der Waals surface area contributed by atoms with Crippen LogP contribution in [0.5, 0.6) is 0 Å². The lowest BCUT2D eigenvalue weighted by Crippen LogP contribution is -2.13. The lowest BCUT2D eigenvalue weighted by atomic mass is 10.4. The molecule has 6 nitrogen and oxygen atoms in total. The number of hydrogen-bond donors (Lipinski definition) is 2. The van der Waals surface area contributed by atoms with Gasteiger partial charge in [0.15, 0.2) is 5.16 Å². The van der Waals surface area contributed by atoms with Crippen LogP contribution >= 0.6 is 11.8 Å². The molecule has 0 fully saturated rings. The van der Waals surface area contributed by atoms with Gasteiger partial charge in [0.1, 0.15) is 16.6 Å². The van der Waals surface area contributed by atoms with Gasteiger partial charge in [-0.05, 0) is 24.8 Å². The van der Waals surface area contributed by atoms with Gasteiger partial charge < -0.3 is 5.73 Å². The fourth-order valence-corrected chi connectivity index (χ4v) is 1.78. The molecular weight excluding hydrogens is 236 g/mol. The highest BCUT2D eigenvalue weighted by atomic mass is 32.2. The van der Waals surface area contributed by atoms with E-state index in [2.05, 4.69) is 19.9 Å². The van der Waals surface area contributed by atoms with Crippen LogP contribution in [-0.4, -0.2) is 25.8 Å². The molecule has 0 atom stereocenters. The molecule has 0 unspecified atom stereocenters. The summed E-state index contributed by atoms with van der Waals surface area (Å²) in [6, 6.07) is 1.83. The number of aryl methyl sites for hydroxylation is 1. The van der Waals surface area contributed by atoms with Crippen LogP contribution in [0.1, 0.15) is 11.4 Å². The average molecular weight is 246 g/mol. The van der Waals surface area contributed by atoms with E-state index in [-0.39, 0.29) is 5.84 Å². The van der Waals surface area contributed by atoms with Crippen LogP contribution in [0.15, 0.2) is 34.8 Å². The van der Waals surface area contributed by atoms with Crippen molar-refractivity contribution in [2.75, 3.05) is 0 Å². The highest BCUT2D eigenvalue weighted by Gasteiger charge is 2.04. The predicted molar refractivity (Wildman–Crippen MR) is 63.9 cm³/mol. The van der Waals surface area contributed by atoms with Crippen LogP contribution in [0.2, 0.25) is 0 Å². The summed E-state index contributed by atoms with van der Waals surface area (Å²) < 4.78 is 0. The maximum absolute atomic E-state index is 7.20. The van der Waals surface area contributed by atoms with Crippen molar-refractivity contribution in [3.63, 3.8) is 0 Å². The summed E-state index contributed by atoms with van der Waals surface area (Å²) in [6.07, 6.45) is 4.70. The summed E-state index contributed by atoms with van der Waals surface area (Å²) in [6.45, 7) is 1.90. The Morgan fingerprint density at radius 3 is 2.71 bits per heavy atom. The zero-order valence-corrected chi connectivity index (χ0v) is 9.90. The highest BCUT2D eigenvalue weighted by molar-refractivity contribution is 7.99. The van der Waals surface area contributed by atoms with Crippen LogP contribution in [0, 0.1) is 12.3 Å². The van der Waals surface area contributed by atoms with Gasteiger partial charge in [-0.15, -0.1) is 0 Å². The normalized spacial score (nSPS) is 10.2. The Morgan fingerprint density at radius 1 is 1.29 bits per heavy atom. The first-order chi connectivity index (χ1) is 8.15. The Hall–Kier alpha value is -2.02. The lowest BCUT2D eigenvalue weighted by Gasteiger charge is -2.00. The number of nitrogens with two attached hydrogens (primary N) is 1. The summed E-state index contributed by atoms with van der Waals surface area (Å²) in [5.74, 6) is -0.0964. The molecule has 0 saturated heterocycles. The van der Waals surface area contributed by atoms with Crippen molar-refractivity contribution in [3.05, 3.63) is 36.0 Å². The van der Waals surface area contributed by atoms with E-state index < -0.39 is 0 Å². The molecule has 0 aliphatic carbocycles. The van der Waals surface area contributed by atoms with Crippen LogP contribution in [0.3, 0.4) is 0 Å². The summed E-state index contributed by atoms with van der Waals surface area (Å²) in [5.41, 5.74) is 6.55. The molecule has 0 saturated carbocycles. The van der Waals surface area contributed by atoms with E-state index in [1.807, 2.05) is 13.0 Å². The second kappa shape index (κ2) is 4.88. The molecule has 0 spiro atoms. The van der Waals surface area contributed by atoms with Crippen molar-refractivity contribution in [2.45, 2.75) is 17.1 Å². The molecule has 0 aliphatic heterocycles. The highest BCUT2D eigenvalue weighted by Crippen LogP contribution is 2.21. The van der Waals surface area contributed by atoms with Gasteiger partial charge in [0.05, 0.1) is 12.4 Å². The van der Waals surface area contributed by atoms with Crippen molar-refractivity contribution in [1.82, 2.24) is 19.9 Å². The van der Waals surface area contributed by atoms with E-state index in [1.165, 1.54) is 18.0 Å². The molecule has 3 N–H and O–H groups in total. The quantitative estimate of drug-likeness (QED) is 0.476. The van der Waals surface area contributed by atoms with E-state index in [0.717, 1.165) is 5.69 Å². The molecule has 7 heteroatoms. The van der Waals surface area contributed by atoms with Gasteiger partial charge in [-0.25, -0.2) is 19.9 Å². The largest absolute Gasteiger partial charge is 0.382 e. The van der Waals surface area contributed by atoms with E-state index in [1.54, 1.807) is 12.4 Å². The van der Waals surface area contributed by atoms with Gasteiger partial charge in [-0.3, -0.25) is 5.41 Å². The number of rotatable bonds is 3. The van der Waals surface area contributed by atoms with Crippen molar-refractivity contribution in [3.8, 4) is 0 Å². The summed E-state index contributed by atoms with van der Waals surface area (Å²) >= 11 is 1.32. The smallest absolute Gasteiger partial charge is 0.194 e. The van der Waals surface area contributed by atoms with E-state index in [9.17, 15) is 0 Å². The Labute approximate surface area is 102 Å². The molecule has 17 heavy (non-hydrogen) atoms. The molecule has 0 bridgehead atoms. The molecule has 0 amide bonds. The number of nitrogens with one attached hydrogen (secondary N) is 1. The number of aromatic nitrogens is 4. The number of nitrogen functional groups attached to an aromatic ring is 1. The van der Waals surface area contributed by atoms with Gasteiger partial charge in [-0.1, -0.05) is 0 Å². The third kappa shape index (κ3) is 2.97. The van der Waals surface area contributed by atoms with Crippen molar-refractivity contribution in [2.24, 2.45) is 5.73 Å². The van der Waals surface area contributed by atoms with Crippen molar-refractivity contribution in [1.29, 1.82) is 5.41 Å². The summed E-state index contributed by atoms with van der Waals surface area (Å²) in [5, 5.41) is 8.49. The molecular formula is C10H10N6S. The Bertz CT molecular complexity index is 539. The van der Waals surface area contributed by atoms with Crippen LogP contribution in [-0.2, 0) is 0 Å². The van der Waals surface area contributed by atoms with Crippen molar-refractivity contribution < 1.29 is 0 Å². The third-order valence-electron chi connectivity index (χ3n) is 1.87. The van der Waals surface area contributed by atoms with Gasteiger partial charge in [-0.2, -0.15) is 0 Å². The SMILES string of the molecule is Cc1ccnc(Sc2cnc(C(=N)N)cn2)n1.